The monoisotopic (exact) mass is 157 g/mol. The van der Waals surface area contributed by atoms with Gasteiger partial charge >= 0.3 is 0 Å². The van der Waals surface area contributed by atoms with Crippen LogP contribution in [0.4, 0.5) is 10.1 Å². The molecule has 0 unspecified atom stereocenters. The van der Waals surface area contributed by atoms with Gasteiger partial charge in [0, 0.05) is 0 Å². The van der Waals surface area contributed by atoms with Crippen molar-refractivity contribution >= 4 is 5.69 Å². The lowest BCUT2D eigenvalue weighted by molar-refractivity contribution is 0.0291. The molecule has 4 heteroatoms. The van der Waals surface area contributed by atoms with Crippen LogP contribution in [0.15, 0.2) is 18.2 Å². The van der Waals surface area contributed by atoms with E-state index in [0.29, 0.717) is 5.56 Å². The maximum atomic E-state index is 12.6. The topological polar surface area (TPSA) is 43.7 Å². The molecule has 0 aliphatic rings. The van der Waals surface area contributed by atoms with Gasteiger partial charge in [-0.1, -0.05) is 0 Å². The van der Waals surface area contributed by atoms with Crippen LogP contribution in [0.2, 0.25) is 0 Å². The lowest BCUT2D eigenvalue weighted by Gasteiger charge is -2.07. The van der Waals surface area contributed by atoms with Crippen LogP contribution in [0.1, 0.15) is 5.56 Å². The van der Waals surface area contributed by atoms with Crippen molar-refractivity contribution in [2.45, 2.75) is 6.92 Å². The van der Waals surface area contributed by atoms with Crippen molar-refractivity contribution in [1.29, 1.82) is 0 Å². The quantitative estimate of drug-likeness (QED) is 0.610. The third-order valence-electron chi connectivity index (χ3n) is 1.37. The molecule has 1 aromatic carbocycles. The normalized spacial score (nSPS) is 9.82. The molecule has 0 aliphatic heterocycles. The molecule has 0 saturated heterocycles. The first-order chi connectivity index (χ1) is 5.11. The van der Waals surface area contributed by atoms with E-state index in [-0.39, 0.29) is 16.7 Å². The first-order valence-corrected chi connectivity index (χ1v) is 3.05. The summed E-state index contributed by atoms with van der Waals surface area (Å²) in [5.74, 6) is -0.365. The van der Waals surface area contributed by atoms with E-state index in [2.05, 4.69) is 0 Å². The molecule has 0 aliphatic carbocycles. The maximum Gasteiger partial charge on any atom is 0.126 e. The molecule has 1 aromatic rings. The predicted octanol–water partition coefficient (Wildman–Crippen LogP) is 1.72. The van der Waals surface area contributed by atoms with Crippen LogP contribution >= 0.6 is 0 Å². The third kappa shape index (κ3) is 1.66. The van der Waals surface area contributed by atoms with E-state index >= 15 is 0 Å². The van der Waals surface area contributed by atoms with Gasteiger partial charge in [0.1, 0.15) is 5.82 Å². The Bertz CT molecular complexity index is 263. The summed E-state index contributed by atoms with van der Waals surface area (Å²) in [5.41, 5.74) is 0.513. The van der Waals surface area contributed by atoms with Crippen LogP contribution in [0.25, 0.3) is 0 Å². The average Bonchev–Trinajstić information content (AvgIpc) is 1.94. The van der Waals surface area contributed by atoms with E-state index in [9.17, 15) is 4.39 Å². The minimum Gasteiger partial charge on any atom is -0.264 e. The summed E-state index contributed by atoms with van der Waals surface area (Å²) >= 11 is 0. The van der Waals surface area contributed by atoms with Gasteiger partial charge in [-0.2, -0.15) is 0 Å². The number of nitrogens with zero attached hydrogens (tertiary/aromatic N) is 1. The van der Waals surface area contributed by atoms with E-state index in [1.165, 1.54) is 18.2 Å². The second-order valence-corrected chi connectivity index (χ2v) is 2.22. The second kappa shape index (κ2) is 2.86. The molecule has 11 heavy (non-hydrogen) atoms. The van der Waals surface area contributed by atoms with Crippen molar-refractivity contribution in [3.63, 3.8) is 0 Å². The van der Waals surface area contributed by atoms with E-state index in [1.54, 1.807) is 6.92 Å². The zero-order chi connectivity index (χ0) is 8.43. The largest absolute Gasteiger partial charge is 0.264 e. The maximum absolute atomic E-state index is 12.6. The summed E-state index contributed by atoms with van der Waals surface area (Å²) in [7, 11) is 0. The van der Waals surface area contributed by atoms with Crippen LogP contribution < -0.4 is 5.23 Å². The SMILES string of the molecule is Cc1cc(N(O)O)ccc1F. The fourth-order valence-corrected chi connectivity index (χ4v) is 0.753. The fourth-order valence-electron chi connectivity index (χ4n) is 0.753. The van der Waals surface area contributed by atoms with Crippen molar-refractivity contribution in [3.05, 3.63) is 29.6 Å². The van der Waals surface area contributed by atoms with Crippen molar-refractivity contribution in [1.82, 2.24) is 0 Å². The summed E-state index contributed by atoms with van der Waals surface area (Å²) in [6.07, 6.45) is 0. The van der Waals surface area contributed by atoms with Crippen LogP contribution in [0.3, 0.4) is 0 Å². The molecule has 0 amide bonds. The van der Waals surface area contributed by atoms with Gasteiger partial charge in [-0.3, -0.25) is 10.4 Å². The molecule has 0 atom stereocenters. The molecular weight excluding hydrogens is 149 g/mol. The highest BCUT2D eigenvalue weighted by atomic mass is 19.1. The molecule has 0 heterocycles. The Morgan fingerprint density at radius 1 is 1.36 bits per heavy atom. The van der Waals surface area contributed by atoms with Gasteiger partial charge < -0.3 is 0 Å². The molecule has 0 saturated carbocycles. The highest BCUT2D eigenvalue weighted by Gasteiger charge is 2.01. The Hall–Kier alpha value is -1.13. The highest BCUT2D eigenvalue weighted by Crippen LogP contribution is 2.15. The Morgan fingerprint density at radius 3 is 2.45 bits per heavy atom. The van der Waals surface area contributed by atoms with Crippen LogP contribution in [0.5, 0.6) is 0 Å². The van der Waals surface area contributed by atoms with Crippen LogP contribution in [-0.4, -0.2) is 10.4 Å². The van der Waals surface area contributed by atoms with Crippen LogP contribution in [-0.2, 0) is 0 Å². The summed E-state index contributed by atoms with van der Waals surface area (Å²) in [5, 5.41) is 17.0. The van der Waals surface area contributed by atoms with E-state index in [0.717, 1.165) is 0 Å². The van der Waals surface area contributed by atoms with Gasteiger partial charge in [0.15, 0.2) is 0 Å². The standard InChI is InChI=1S/C7H8FNO2/c1-5-4-6(9(10)11)2-3-7(5)8/h2-4,10-11H,1H3. The van der Waals surface area contributed by atoms with Crippen molar-refractivity contribution in [2.75, 3.05) is 5.23 Å². The summed E-state index contributed by atoms with van der Waals surface area (Å²) < 4.78 is 12.6. The van der Waals surface area contributed by atoms with Crippen molar-refractivity contribution in [2.24, 2.45) is 0 Å². The minimum atomic E-state index is -0.365. The summed E-state index contributed by atoms with van der Waals surface area (Å²) in [6, 6.07) is 3.77. The minimum absolute atomic E-state index is 0.0492. The number of rotatable bonds is 1. The first-order valence-electron chi connectivity index (χ1n) is 3.05. The lowest BCUT2D eigenvalue weighted by atomic mass is 10.2. The number of aryl methyl sites for hydroxylation is 1. The average molecular weight is 157 g/mol. The summed E-state index contributed by atoms with van der Waals surface area (Å²) in [6.45, 7) is 1.54. The number of anilines is 1. The third-order valence-corrected chi connectivity index (χ3v) is 1.37. The number of halogens is 1. The number of benzene rings is 1. The Kier molecular flexibility index (Phi) is 2.07. The molecule has 1 rings (SSSR count). The molecule has 60 valence electrons. The number of hydrogen-bond donors (Lipinski definition) is 2. The highest BCUT2D eigenvalue weighted by molar-refractivity contribution is 5.43. The molecule has 2 N–H and O–H groups in total. The van der Waals surface area contributed by atoms with E-state index in [1.807, 2.05) is 0 Å². The number of hydrogen-bond acceptors (Lipinski definition) is 3. The molecular formula is C7H8FNO2. The Labute approximate surface area is 63.2 Å². The Morgan fingerprint density at radius 2 is 2.00 bits per heavy atom. The molecule has 0 spiro atoms. The lowest BCUT2D eigenvalue weighted by Crippen LogP contribution is -2.10. The summed E-state index contributed by atoms with van der Waals surface area (Å²) in [4.78, 5) is 0. The molecule has 3 nitrogen and oxygen atoms in total. The smallest absolute Gasteiger partial charge is 0.126 e. The van der Waals surface area contributed by atoms with Gasteiger partial charge in [0.2, 0.25) is 0 Å². The molecule has 0 bridgehead atoms. The zero-order valence-corrected chi connectivity index (χ0v) is 5.95. The van der Waals surface area contributed by atoms with Gasteiger partial charge in [0.05, 0.1) is 5.69 Å². The van der Waals surface area contributed by atoms with E-state index < -0.39 is 0 Å². The van der Waals surface area contributed by atoms with Gasteiger partial charge in [0.25, 0.3) is 0 Å². The van der Waals surface area contributed by atoms with Crippen molar-refractivity contribution in [3.8, 4) is 0 Å². The zero-order valence-electron chi connectivity index (χ0n) is 5.95. The van der Waals surface area contributed by atoms with Crippen LogP contribution in [0, 0.1) is 12.7 Å². The fraction of sp³-hybridized carbons (Fsp3) is 0.143. The molecule has 0 fully saturated rings. The molecule has 0 aromatic heterocycles. The first kappa shape index (κ1) is 7.97. The van der Waals surface area contributed by atoms with E-state index in [4.69, 9.17) is 10.4 Å². The second-order valence-electron chi connectivity index (χ2n) is 2.22. The Balaban J connectivity index is 3.05. The predicted molar refractivity (Wildman–Crippen MR) is 37.2 cm³/mol. The van der Waals surface area contributed by atoms with Crippen molar-refractivity contribution < 1.29 is 14.8 Å². The van der Waals surface area contributed by atoms with Gasteiger partial charge in [-0.05, 0) is 30.7 Å². The van der Waals surface area contributed by atoms with Gasteiger partial charge in [-0.25, -0.2) is 4.39 Å². The van der Waals surface area contributed by atoms with Gasteiger partial charge in [-0.15, -0.1) is 5.23 Å². The molecule has 0 radical (unpaired) electrons.